The lowest BCUT2D eigenvalue weighted by Gasteiger charge is -2.26. The molecule has 0 saturated heterocycles. The van der Waals surface area contributed by atoms with E-state index in [-0.39, 0.29) is 0 Å². The molecule has 30 heavy (non-hydrogen) atoms. The minimum Gasteiger partial charge on any atom is -0.491 e. The summed E-state index contributed by atoms with van der Waals surface area (Å²) in [5.74, 6) is 0.849. The Morgan fingerprint density at radius 2 is 1.73 bits per heavy atom. The Hall–Kier alpha value is -2.56. The van der Waals surface area contributed by atoms with Gasteiger partial charge >= 0.3 is 0 Å². The van der Waals surface area contributed by atoms with Crippen molar-refractivity contribution in [1.82, 2.24) is 9.47 Å². The normalized spacial score (nSPS) is 14.8. The lowest BCUT2D eigenvalue weighted by atomic mass is 10.1. The van der Waals surface area contributed by atoms with E-state index in [2.05, 4.69) is 59.0 Å². The number of aliphatic hydroxyl groups is 1. The maximum Gasteiger partial charge on any atom is 0.122 e. The van der Waals surface area contributed by atoms with Gasteiger partial charge in [-0.25, -0.2) is 0 Å². The average Bonchev–Trinajstić information content (AvgIpc) is 3.50. The maximum absolute atomic E-state index is 10.6. The van der Waals surface area contributed by atoms with Crippen LogP contribution in [-0.4, -0.2) is 39.9 Å². The summed E-state index contributed by atoms with van der Waals surface area (Å²) in [7, 11) is 0. The van der Waals surface area contributed by atoms with Gasteiger partial charge in [0.2, 0.25) is 0 Å². The largest absolute Gasteiger partial charge is 0.491 e. The molecule has 0 aliphatic heterocycles. The zero-order chi connectivity index (χ0) is 20.9. The van der Waals surface area contributed by atoms with Gasteiger partial charge in [-0.1, -0.05) is 42.5 Å². The molecule has 4 rings (SSSR count). The molecule has 0 radical (unpaired) electrons. The molecule has 158 valence electrons. The highest BCUT2D eigenvalue weighted by atomic mass is 16.5. The molecular formula is C26H32N2O2. The summed E-state index contributed by atoms with van der Waals surface area (Å²) in [5.41, 5.74) is 5.05. The van der Waals surface area contributed by atoms with Crippen molar-refractivity contribution >= 4 is 0 Å². The summed E-state index contributed by atoms with van der Waals surface area (Å²) in [6.07, 6.45) is 4.07. The van der Waals surface area contributed by atoms with E-state index in [1.165, 1.54) is 29.7 Å². The number of ether oxygens (including phenoxy) is 1. The third-order valence-electron chi connectivity index (χ3n) is 5.92. The summed E-state index contributed by atoms with van der Waals surface area (Å²) >= 11 is 0. The van der Waals surface area contributed by atoms with Crippen LogP contribution in [0.1, 0.15) is 35.2 Å². The highest BCUT2D eigenvalue weighted by molar-refractivity contribution is 5.31. The first-order valence-corrected chi connectivity index (χ1v) is 10.9. The summed E-state index contributed by atoms with van der Waals surface area (Å²) in [6, 6.07) is 21.4. The molecule has 1 heterocycles. The van der Waals surface area contributed by atoms with E-state index in [9.17, 15) is 5.11 Å². The van der Waals surface area contributed by atoms with Crippen molar-refractivity contribution in [1.29, 1.82) is 0 Å². The zero-order valence-electron chi connectivity index (χ0n) is 18.0. The number of aromatic nitrogens is 1. The van der Waals surface area contributed by atoms with Gasteiger partial charge in [0.15, 0.2) is 0 Å². The fourth-order valence-corrected chi connectivity index (χ4v) is 3.94. The lowest BCUT2D eigenvalue weighted by Crippen LogP contribution is -2.37. The second-order valence-corrected chi connectivity index (χ2v) is 8.44. The van der Waals surface area contributed by atoms with Gasteiger partial charge in [-0.15, -0.1) is 0 Å². The maximum atomic E-state index is 10.6. The van der Waals surface area contributed by atoms with Gasteiger partial charge in [-0.05, 0) is 61.6 Å². The molecule has 4 heteroatoms. The minimum absolute atomic E-state index is 0.318. The SMILES string of the molecule is Cc1ccccc1Cn1cccc1CN(CC(O)COc1ccccc1C)C1CC1. The second kappa shape index (κ2) is 9.50. The van der Waals surface area contributed by atoms with Crippen LogP contribution in [0.4, 0.5) is 0 Å². The molecule has 1 saturated carbocycles. The molecule has 4 nitrogen and oxygen atoms in total. The van der Waals surface area contributed by atoms with E-state index in [4.69, 9.17) is 4.74 Å². The van der Waals surface area contributed by atoms with Crippen LogP contribution in [0.15, 0.2) is 66.9 Å². The predicted octanol–water partition coefficient (Wildman–Crippen LogP) is 4.56. The molecule has 0 bridgehead atoms. The predicted molar refractivity (Wildman–Crippen MR) is 121 cm³/mol. The van der Waals surface area contributed by atoms with Gasteiger partial charge in [0.25, 0.3) is 0 Å². The summed E-state index contributed by atoms with van der Waals surface area (Å²) < 4.78 is 8.20. The fraction of sp³-hybridized carbons (Fsp3) is 0.385. The Labute approximate surface area is 179 Å². The Morgan fingerprint density at radius 1 is 1.00 bits per heavy atom. The van der Waals surface area contributed by atoms with Crippen LogP contribution in [0.2, 0.25) is 0 Å². The summed E-state index contributed by atoms with van der Waals surface area (Å²) in [6.45, 7) is 6.88. The van der Waals surface area contributed by atoms with E-state index < -0.39 is 6.10 Å². The molecule has 1 unspecified atom stereocenters. The topological polar surface area (TPSA) is 37.6 Å². The van der Waals surface area contributed by atoms with Gasteiger partial charge < -0.3 is 14.4 Å². The minimum atomic E-state index is -0.509. The van der Waals surface area contributed by atoms with E-state index in [1.807, 2.05) is 31.2 Å². The van der Waals surface area contributed by atoms with E-state index in [0.29, 0.717) is 19.2 Å². The van der Waals surface area contributed by atoms with Crippen LogP contribution in [0.3, 0.4) is 0 Å². The Kier molecular flexibility index (Phi) is 6.56. The van der Waals surface area contributed by atoms with Crippen molar-refractivity contribution in [3.8, 4) is 5.75 Å². The van der Waals surface area contributed by atoms with Crippen LogP contribution >= 0.6 is 0 Å². The van der Waals surface area contributed by atoms with Crippen molar-refractivity contribution < 1.29 is 9.84 Å². The Balaban J connectivity index is 1.37. The van der Waals surface area contributed by atoms with Crippen molar-refractivity contribution in [3.05, 3.63) is 89.2 Å². The lowest BCUT2D eigenvalue weighted by molar-refractivity contribution is 0.0616. The van der Waals surface area contributed by atoms with Crippen molar-refractivity contribution in [2.24, 2.45) is 0 Å². The number of benzene rings is 2. The average molecular weight is 405 g/mol. The molecule has 1 atom stereocenters. The number of nitrogens with zero attached hydrogens (tertiary/aromatic N) is 2. The molecule has 1 N–H and O–H groups in total. The molecule has 1 aliphatic rings. The van der Waals surface area contributed by atoms with Gasteiger partial charge in [-0.2, -0.15) is 0 Å². The molecule has 1 aliphatic carbocycles. The van der Waals surface area contributed by atoms with Gasteiger partial charge in [0.1, 0.15) is 18.5 Å². The van der Waals surface area contributed by atoms with E-state index in [1.54, 1.807) is 0 Å². The Bertz CT molecular complexity index is 961. The molecule has 0 amide bonds. The number of hydrogen-bond donors (Lipinski definition) is 1. The molecule has 2 aromatic carbocycles. The number of para-hydroxylation sites is 1. The zero-order valence-corrected chi connectivity index (χ0v) is 18.0. The van der Waals surface area contributed by atoms with E-state index >= 15 is 0 Å². The van der Waals surface area contributed by atoms with Crippen LogP contribution in [0, 0.1) is 13.8 Å². The van der Waals surface area contributed by atoms with Gasteiger partial charge in [-0.3, -0.25) is 4.90 Å². The molecule has 3 aromatic rings. The van der Waals surface area contributed by atoms with Crippen molar-refractivity contribution in [3.63, 3.8) is 0 Å². The number of hydrogen-bond acceptors (Lipinski definition) is 3. The van der Waals surface area contributed by atoms with Crippen LogP contribution in [0.25, 0.3) is 0 Å². The van der Waals surface area contributed by atoms with E-state index in [0.717, 1.165) is 24.4 Å². The number of rotatable bonds is 10. The van der Waals surface area contributed by atoms with Gasteiger partial charge in [0, 0.05) is 37.6 Å². The molecule has 1 aromatic heterocycles. The first kappa shape index (κ1) is 20.7. The smallest absolute Gasteiger partial charge is 0.122 e. The Morgan fingerprint density at radius 3 is 2.47 bits per heavy atom. The molecule has 1 fully saturated rings. The highest BCUT2D eigenvalue weighted by Crippen LogP contribution is 2.29. The standard InChI is InChI=1S/C26H32N2O2/c1-20-8-3-5-10-22(20)16-27-15-7-11-24(27)17-28(23-13-14-23)18-25(29)19-30-26-12-6-4-9-21(26)2/h3-12,15,23,25,29H,13-14,16-19H2,1-2H3. The first-order chi connectivity index (χ1) is 14.6. The van der Waals surface area contributed by atoms with Crippen molar-refractivity contribution in [2.75, 3.05) is 13.2 Å². The first-order valence-electron chi connectivity index (χ1n) is 10.9. The monoisotopic (exact) mass is 404 g/mol. The summed E-state index contributed by atoms with van der Waals surface area (Å²) in [5, 5.41) is 10.6. The number of aryl methyl sites for hydroxylation is 2. The fourth-order valence-electron chi connectivity index (χ4n) is 3.94. The highest BCUT2D eigenvalue weighted by Gasteiger charge is 2.31. The van der Waals surface area contributed by atoms with Gasteiger partial charge in [0.05, 0.1) is 0 Å². The molecule has 0 spiro atoms. The second-order valence-electron chi connectivity index (χ2n) is 8.44. The molecular weight excluding hydrogens is 372 g/mol. The van der Waals surface area contributed by atoms with Crippen LogP contribution in [-0.2, 0) is 13.1 Å². The number of aliphatic hydroxyl groups excluding tert-OH is 1. The quantitative estimate of drug-likeness (QED) is 0.538. The third kappa shape index (κ3) is 5.32. The van der Waals surface area contributed by atoms with Crippen LogP contribution in [0.5, 0.6) is 5.75 Å². The van der Waals surface area contributed by atoms with Crippen LogP contribution < -0.4 is 4.74 Å². The van der Waals surface area contributed by atoms with Crippen molar-refractivity contribution in [2.45, 2.75) is 51.9 Å². The summed E-state index contributed by atoms with van der Waals surface area (Å²) in [4.78, 5) is 2.41. The third-order valence-corrected chi connectivity index (χ3v) is 5.92.